The van der Waals surface area contributed by atoms with E-state index in [2.05, 4.69) is 5.32 Å². The van der Waals surface area contributed by atoms with Crippen LogP contribution in [-0.4, -0.2) is 46.3 Å². The highest BCUT2D eigenvalue weighted by Crippen LogP contribution is 2.29. The molecule has 0 aromatic rings. The van der Waals surface area contributed by atoms with Crippen molar-refractivity contribution in [3.63, 3.8) is 0 Å². The van der Waals surface area contributed by atoms with Crippen LogP contribution >= 0.6 is 0 Å². The second kappa shape index (κ2) is 4.64. The molecule has 17 heavy (non-hydrogen) atoms. The summed E-state index contributed by atoms with van der Waals surface area (Å²) in [6.45, 7) is 3.67. The van der Waals surface area contributed by atoms with Gasteiger partial charge in [-0.3, -0.25) is 4.90 Å². The predicted octanol–water partition coefficient (Wildman–Crippen LogP) is -0.0228. The second-order valence-corrected chi connectivity index (χ2v) is 4.66. The third-order valence-electron chi connectivity index (χ3n) is 3.30. The summed E-state index contributed by atoms with van der Waals surface area (Å²) in [6, 6.07) is -0.376. The van der Waals surface area contributed by atoms with Gasteiger partial charge in [0.1, 0.15) is 6.23 Å². The fourth-order valence-electron chi connectivity index (χ4n) is 2.13. The molecule has 0 saturated carbocycles. The first-order chi connectivity index (χ1) is 8.02. The van der Waals surface area contributed by atoms with Gasteiger partial charge in [0.05, 0.1) is 12.7 Å². The fourth-order valence-corrected chi connectivity index (χ4v) is 2.13. The Morgan fingerprint density at radius 3 is 2.94 bits per heavy atom. The minimum Gasteiger partial charge on any atom is -0.394 e. The van der Waals surface area contributed by atoms with Crippen molar-refractivity contribution >= 4 is 6.03 Å². The third kappa shape index (κ3) is 2.29. The Labute approximate surface area is 99.9 Å². The fraction of sp³-hybridized carbons (Fsp3) is 0.727. The van der Waals surface area contributed by atoms with E-state index >= 15 is 0 Å². The number of rotatable bonds is 2. The number of nitrogens with zero attached hydrogens (tertiary/aromatic N) is 1. The number of nitrogens with one attached hydrogen (secondary N) is 1. The number of aliphatic hydroxyl groups excluding tert-OH is 2. The van der Waals surface area contributed by atoms with Gasteiger partial charge in [0.15, 0.2) is 6.23 Å². The van der Waals surface area contributed by atoms with E-state index in [0.717, 1.165) is 0 Å². The highest BCUT2D eigenvalue weighted by Gasteiger charge is 2.38. The van der Waals surface area contributed by atoms with E-state index in [1.165, 1.54) is 4.90 Å². The van der Waals surface area contributed by atoms with E-state index in [1.807, 2.05) is 6.92 Å². The average molecular weight is 242 g/mol. The molecule has 2 amide bonds. The van der Waals surface area contributed by atoms with Gasteiger partial charge < -0.3 is 20.3 Å². The van der Waals surface area contributed by atoms with Crippen molar-refractivity contribution in [2.24, 2.45) is 5.92 Å². The normalized spacial score (nSPS) is 38.0. The molecule has 1 saturated heterocycles. The molecule has 3 N–H and O–H groups in total. The largest absolute Gasteiger partial charge is 0.394 e. The number of amides is 2. The first-order valence-corrected chi connectivity index (χ1v) is 5.74. The lowest BCUT2D eigenvalue weighted by Gasteiger charge is -2.32. The summed E-state index contributed by atoms with van der Waals surface area (Å²) in [4.78, 5) is 13.1. The number of carbonyl (C=O) groups excluding carboxylic acids is 1. The summed E-state index contributed by atoms with van der Waals surface area (Å²) in [7, 11) is 0. The standard InChI is InChI=1S/C11H18N2O4/c1-6-3-9(17-8(6)5-14)13-4-7(2)10(15)12-11(13)16/h4,6,8-10,14-15H,3,5H2,1-2H3,(H,12,16). The Morgan fingerprint density at radius 1 is 1.65 bits per heavy atom. The molecule has 2 rings (SSSR count). The summed E-state index contributed by atoms with van der Waals surface area (Å²) in [5.74, 6) is 0.207. The molecular weight excluding hydrogens is 224 g/mol. The molecule has 0 aliphatic carbocycles. The molecule has 4 atom stereocenters. The summed E-state index contributed by atoms with van der Waals surface area (Å²) in [6.07, 6.45) is 0.753. The zero-order valence-electron chi connectivity index (χ0n) is 9.96. The van der Waals surface area contributed by atoms with Crippen molar-refractivity contribution in [1.29, 1.82) is 0 Å². The average Bonchev–Trinajstić information content (AvgIpc) is 2.65. The van der Waals surface area contributed by atoms with Gasteiger partial charge in [-0.05, 0) is 24.8 Å². The Balaban J connectivity index is 2.11. The van der Waals surface area contributed by atoms with E-state index in [9.17, 15) is 9.90 Å². The molecule has 0 aromatic heterocycles. The molecule has 0 aromatic carbocycles. The number of hydrogen-bond acceptors (Lipinski definition) is 4. The van der Waals surface area contributed by atoms with E-state index in [1.54, 1.807) is 13.1 Å². The van der Waals surface area contributed by atoms with Gasteiger partial charge >= 0.3 is 6.03 Å². The van der Waals surface area contributed by atoms with Crippen molar-refractivity contribution in [2.75, 3.05) is 6.61 Å². The van der Waals surface area contributed by atoms with E-state index in [4.69, 9.17) is 9.84 Å². The number of hydrogen-bond donors (Lipinski definition) is 3. The Morgan fingerprint density at radius 2 is 2.35 bits per heavy atom. The zero-order chi connectivity index (χ0) is 12.6. The Kier molecular flexibility index (Phi) is 3.37. The summed E-state index contributed by atoms with van der Waals surface area (Å²) < 4.78 is 5.61. The van der Waals surface area contributed by atoms with Gasteiger partial charge in [0.2, 0.25) is 0 Å². The molecule has 6 heteroatoms. The minimum atomic E-state index is -0.925. The lowest BCUT2D eigenvalue weighted by molar-refractivity contribution is -0.0450. The van der Waals surface area contributed by atoms with Crippen LogP contribution in [0.15, 0.2) is 11.8 Å². The highest BCUT2D eigenvalue weighted by molar-refractivity contribution is 5.77. The highest BCUT2D eigenvalue weighted by atomic mass is 16.5. The van der Waals surface area contributed by atoms with Crippen molar-refractivity contribution in [2.45, 2.75) is 38.8 Å². The molecule has 1 fully saturated rings. The van der Waals surface area contributed by atoms with Crippen LogP contribution in [0.5, 0.6) is 0 Å². The molecule has 6 nitrogen and oxygen atoms in total. The Hall–Kier alpha value is -1.11. The van der Waals surface area contributed by atoms with Crippen molar-refractivity contribution in [3.8, 4) is 0 Å². The number of aliphatic hydroxyl groups is 2. The summed E-state index contributed by atoms with van der Waals surface area (Å²) in [5, 5.41) is 21.0. The molecule has 0 spiro atoms. The molecule has 0 radical (unpaired) electrons. The monoisotopic (exact) mass is 242 g/mol. The summed E-state index contributed by atoms with van der Waals surface area (Å²) in [5.41, 5.74) is 0.660. The van der Waals surface area contributed by atoms with E-state index in [-0.39, 0.29) is 30.9 Å². The molecule has 0 bridgehead atoms. The van der Waals surface area contributed by atoms with Crippen LogP contribution in [-0.2, 0) is 4.74 Å². The van der Waals surface area contributed by atoms with Crippen LogP contribution in [0.1, 0.15) is 20.3 Å². The molecule has 2 aliphatic rings. The second-order valence-electron chi connectivity index (χ2n) is 4.66. The van der Waals surface area contributed by atoms with Crippen LogP contribution in [0.2, 0.25) is 0 Å². The molecule has 2 heterocycles. The lowest BCUT2D eigenvalue weighted by Crippen LogP contribution is -2.51. The summed E-state index contributed by atoms with van der Waals surface area (Å²) >= 11 is 0. The van der Waals surface area contributed by atoms with Gasteiger partial charge in [-0.1, -0.05) is 6.92 Å². The predicted molar refractivity (Wildman–Crippen MR) is 59.7 cm³/mol. The van der Waals surface area contributed by atoms with Gasteiger partial charge in [-0.25, -0.2) is 4.79 Å². The number of urea groups is 1. The first-order valence-electron chi connectivity index (χ1n) is 5.74. The topological polar surface area (TPSA) is 82.0 Å². The van der Waals surface area contributed by atoms with E-state index in [0.29, 0.717) is 12.0 Å². The Bertz CT molecular complexity index is 344. The quantitative estimate of drug-likeness (QED) is 0.635. The van der Waals surface area contributed by atoms with Gasteiger partial charge in [-0.2, -0.15) is 0 Å². The van der Waals surface area contributed by atoms with Crippen LogP contribution < -0.4 is 5.32 Å². The molecule has 96 valence electrons. The number of carbonyl (C=O) groups is 1. The van der Waals surface area contributed by atoms with Gasteiger partial charge in [0.25, 0.3) is 0 Å². The van der Waals surface area contributed by atoms with Crippen molar-refractivity contribution < 1.29 is 19.7 Å². The van der Waals surface area contributed by atoms with Gasteiger partial charge in [0, 0.05) is 6.20 Å². The molecule has 4 unspecified atom stereocenters. The van der Waals surface area contributed by atoms with E-state index < -0.39 is 6.23 Å². The van der Waals surface area contributed by atoms with Crippen LogP contribution in [0, 0.1) is 5.92 Å². The van der Waals surface area contributed by atoms with Crippen LogP contribution in [0.3, 0.4) is 0 Å². The van der Waals surface area contributed by atoms with Gasteiger partial charge in [-0.15, -0.1) is 0 Å². The maximum atomic E-state index is 11.7. The SMILES string of the molecule is CC1=CN(C2CC(C)C(CO)O2)C(=O)NC1O. The number of ether oxygens (including phenoxy) is 1. The maximum Gasteiger partial charge on any atom is 0.325 e. The van der Waals surface area contributed by atoms with Crippen LogP contribution in [0.25, 0.3) is 0 Å². The van der Waals surface area contributed by atoms with Crippen molar-refractivity contribution in [1.82, 2.24) is 10.2 Å². The zero-order valence-corrected chi connectivity index (χ0v) is 9.96. The molecular formula is C11H18N2O4. The smallest absolute Gasteiger partial charge is 0.325 e. The third-order valence-corrected chi connectivity index (χ3v) is 3.30. The van der Waals surface area contributed by atoms with Crippen LogP contribution in [0.4, 0.5) is 4.79 Å². The first kappa shape index (κ1) is 12.3. The lowest BCUT2D eigenvalue weighted by atomic mass is 10.0. The minimum absolute atomic E-state index is 0.0432. The molecule has 2 aliphatic heterocycles. The maximum absolute atomic E-state index is 11.7. The van der Waals surface area contributed by atoms with Crippen molar-refractivity contribution in [3.05, 3.63) is 11.8 Å².